The lowest BCUT2D eigenvalue weighted by atomic mass is 9.91. The largest absolute Gasteiger partial charge is 0.444 e. The Bertz CT molecular complexity index is 964. The van der Waals surface area contributed by atoms with Gasteiger partial charge in [0.05, 0.1) is 6.54 Å². The molecule has 3 rings (SSSR count). The Hall–Kier alpha value is -3.15. The van der Waals surface area contributed by atoms with Crippen molar-refractivity contribution in [2.75, 3.05) is 26.3 Å². The Kier molecular flexibility index (Phi) is 7.10. The summed E-state index contributed by atoms with van der Waals surface area (Å²) in [5.74, 6) is -0.356. The van der Waals surface area contributed by atoms with Crippen molar-refractivity contribution in [2.45, 2.75) is 32.8 Å². The highest BCUT2D eigenvalue weighted by Gasteiger charge is 2.30. The molecule has 0 radical (unpaired) electrons. The molecule has 6 heteroatoms. The highest BCUT2D eigenvalue weighted by Crippen LogP contribution is 2.31. The van der Waals surface area contributed by atoms with E-state index in [1.807, 2.05) is 48.5 Å². The van der Waals surface area contributed by atoms with E-state index in [0.29, 0.717) is 18.5 Å². The van der Waals surface area contributed by atoms with Crippen LogP contribution in [-0.2, 0) is 9.53 Å². The zero-order chi connectivity index (χ0) is 22.4. The fourth-order valence-electron chi connectivity index (χ4n) is 3.56. The molecule has 1 aliphatic rings. The first-order valence-electron chi connectivity index (χ1n) is 10.5. The van der Waals surface area contributed by atoms with Gasteiger partial charge in [-0.2, -0.15) is 0 Å². The first-order chi connectivity index (χ1) is 14.8. The lowest BCUT2D eigenvalue weighted by molar-refractivity contribution is -0.117. The van der Waals surface area contributed by atoms with Crippen LogP contribution in [0.25, 0.3) is 16.7 Å². The first-order valence-corrected chi connectivity index (χ1v) is 10.5. The monoisotopic (exact) mass is 424 g/mol. The number of carbonyl (C=O) groups excluding carboxylic acids is 2. The summed E-state index contributed by atoms with van der Waals surface area (Å²) in [6.45, 7) is 5.28. The third-order valence-electron chi connectivity index (χ3n) is 4.97. The van der Waals surface area contributed by atoms with Crippen LogP contribution in [0.3, 0.4) is 0 Å². The van der Waals surface area contributed by atoms with Gasteiger partial charge >= 0.3 is 6.09 Å². The number of ether oxygens (including phenoxy) is 1. The summed E-state index contributed by atoms with van der Waals surface area (Å²) in [4.78, 5) is 26.9. The highest BCUT2D eigenvalue weighted by molar-refractivity contribution is 6.02. The molecule has 1 heterocycles. The van der Waals surface area contributed by atoms with Gasteiger partial charge in [-0.1, -0.05) is 48.5 Å². The van der Waals surface area contributed by atoms with Crippen molar-refractivity contribution in [1.29, 1.82) is 0 Å². The van der Waals surface area contributed by atoms with Gasteiger partial charge in [0.25, 0.3) is 0 Å². The number of benzene rings is 2. The molecular formula is C25H29FN2O3. The van der Waals surface area contributed by atoms with Gasteiger partial charge in [0, 0.05) is 18.7 Å². The smallest absolute Gasteiger partial charge is 0.410 e. The molecule has 1 aliphatic heterocycles. The molecule has 0 aliphatic carbocycles. The first kappa shape index (κ1) is 22.5. The molecule has 0 unspecified atom stereocenters. The Morgan fingerprint density at radius 2 is 1.71 bits per heavy atom. The lowest BCUT2D eigenvalue weighted by Crippen LogP contribution is -2.43. The van der Waals surface area contributed by atoms with Gasteiger partial charge in [0.15, 0.2) is 0 Å². The maximum atomic E-state index is 12.8. The van der Waals surface area contributed by atoms with E-state index >= 15 is 0 Å². The van der Waals surface area contributed by atoms with Crippen LogP contribution >= 0.6 is 0 Å². The van der Waals surface area contributed by atoms with Gasteiger partial charge in [-0.25, -0.2) is 9.18 Å². The minimum atomic E-state index is -0.645. The standard InChI is InChI=1S/C25H29FN2O3/c1-25(2,3)31-24(30)28-15-12-21(22(17-28)23(29)27-14-13-26)20-11-7-10-19(16-20)18-8-5-4-6-9-18/h4-11,16H,12-15,17H2,1-3H3,(H,27,29). The van der Waals surface area contributed by atoms with Gasteiger partial charge < -0.3 is 15.0 Å². The van der Waals surface area contributed by atoms with Crippen LogP contribution in [0, 0.1) is 0 Å². The third-order valence-corrected chi connectivity index (χ3v) is 4.97. The summed E-state index contributed by atoms with van der Waals surface area (Å²) in [5.41, 5.74) is 3.77. The molecule has 5 nitrogen and oxygen atoms in total. The molecule has 2 aromatic carbocycles. The molecule has 0 bridgehead atoms. The van der Waals surface area contributed by atoms with Crippen molar-refractivity contribution in [3.8, 4) is 11.1 Å². The van der Waals surface area contributed by atoms with E-state index in [9.17, 15) is 14.0 Å². The van der Waals surface area contributed by atoms with Gasteiger partial charge in [0.1, 0.15) is 12.3 Å². The van der Waals surface area contributed by atoms with Crippen molar-refractivity contribution in [3.05, 3.63) is 65.7 Å². The SMILES string of the molecule is CC(C)(C)OC(=O)N1CCC(c2cccc(-c3ccccc3)c2)=C(C(=O)NCCF)C1. The Morgan fingerprint density at radius 3 is 2.39 bits per heavy atom. The van der Waals surface area contributed by atoms with Crippen LogP contribution in [0.2, 0.25) is 0 Å². The molecule has 1 N–H and O–H groups in total. The Morgan fingerprint density at radius 1 is 1.03 bits per heavy atom. The maximum Gasteiger partial charge on any atom is 0.410 e. The summed E-state index contributed by atoms with van der Waals surface area (Å²) in [5, 5.41) is 2.61. The Labute approximate surface area is 182 Å². The van der Waals surface area contributed by atoms with Gasteiger partial charge in [-0.3, -0.25) is 4.79 Å². The van der Waals surface area contributed by atoms with Crippen LogP contribution < -0.4 is 5.32 Å². The fourth-order valence-corrected chi connectivity index (χ4v) is 3.56. The molecule has 164 valence electrons. The predicted octanol–water partition coefficient (Wildman–Crippen LogP) is 4.83. The van der Waals surface area contributed by atoms with E-state index in [1.54, 1.807) is 20.8 Å². The number of halogens is 1. The highest BCUT2D eigenvalue weighted by atomic mass is 19.1. The Balaban J connectivity index is 1.95. The molecule has 0 atom stereocenters. The normalized spacial score (nSPS) is 14.4. The average Bonchev–Trinajstić information content (AvgIpc) is 2.76. The summed E-state index contributed by atoms with van der Waals surface area (Å²) in [7, 11) is 0. The molecule has 0 fully saturated rings. The molecule has 0 saturated heterocycles. The van der Waals surface area contributed by atoms with Crippen LogP contribution in [-0.4, -0.2) is 48.8 Å². The number of hydrogen-bond donors (Lipinski definition) is 1. The summed E-state index contributed by atoms with van der Waals surface area (Å²) in [6.07, 6.45) is 0.0518. The van der Waals surface area contributed by atoms with Crippen molar-refractivity contribution < 1.29 is 18.7 Å². The van der Waals surface area contributed by atoms with Crippen molar-refractivity contribution in [3.63, 3.8) is 0 Å². The minimum absolute atomic E-state index is 0.0634. The van der Waals surface area contributed by atoms with E-state index in [1.165, 1.54) is 4.90 Å². The minimum Gasteiger partial charge on any atom is -0.444 e. The number of hydrogen-bond acceptors (Lipinski definition) is 3. The van der Waals surface area contributed by atoms with Crippen LogP contribution in [0.1, 0.15) is 32.8 Å². The van der Waals surface area contributed by atoms with Crippen LogP contribution in [0.15, 0.2) is 60.2 Å². The molecular weight excluding hydrogens is 395 g/mol. The van der Waals surface area contributed by atoms with E-state index in [4.69, 9.17) is 4.74 Å². The molecule has 2 aromatic rings. The summed E-state index contributed by atoms with van der Waals surface area (Å²) >= 11 is 0. The predicted molar refractivity (Wildman–Crippen MR) is 120 cm³/mol. The molecule has 2 amide bonds. The molecule has 0 aromatic heterocycles. The van der Waals surface area contributed by atoms with E-state index in [2.05, 4.69) is 11.4 Å². The second kappa shape index (κ2) is 9.77. The lowest BCUT2D eigenvalue weighted by Gasteiger charge is -2.32. The second-order valence-electron chi connectivity index (χ2n) is 8.50. The van der Waals surface area contributed by atoms with E-state index < -0.39 is 18.4 Å². The number of rotatable bonds is 5. The molecule has 0 spiro atoms. The summed E-state index contributed by atoms with van der Waals surface area (Å²) in [6, 6.07) is 18.0. The van der Waals surface area contributed by atoms with E-state index in [-0.39, 0.29) is 19.0 Å². The van der Waals surface area contributed by atoms with Crippen molar-refractivity contribution >= 4 is 17.6 Å². The second-order valence-corrected chi connectivity index (χ2v) is 8.50. The zero-order valence-corrected chi connectivity index (χ0v) is 18.3. The average molecular weight is 425 g/mol. The van der Waals surface area contributed by atoms with Gasteiger partial charge in [-0.15, -0.1) is 0 Å². The van der Waals surface area contributed by atoms with Gasteiger partial charge in [-0.05, 0) is 55.5 Å². The van der Waals surface area contributed by atoms with Crippen molar-refractivity contribution in [1.82, 2.24) is 10.2 Å². The number of alkyl halides is 1. The third kappa shape index (κ3) is 5.94. The molecule has 31 heavy (non-hydrogen) atoms. The zero-order valence-electron chi connectivity index (χ0n) is 18.3. The number of nitrogens with one attached hydrogen (secondary N) is 1. The topological polar surface area (TPSA) is 58.6 Å². The van der Waals surface area contributed by atoms with Gasteiger partial charge in [0.2, 0.25) is 5.91 Å². The summed E-state index contributed by atoms with van der Waals surface area (Å²) < 4.78 is 18.1. The fraction of sp³-hybridized carbons (Fsp3) is 0.360. The van der Waals surface area contributed by atoms with Crippen LogP contribution in [0.4, 0.5) is 9.18 Å². The maximum absolute atomic E-state index is 12.8. The number of carbonyl (C=O) groups is 2. The van der Waals surface area contributed by atoms with E-state index in [0.717, 1.165) is 22.3 Å². The molecule has 0 saturated carbocycles. The quantitative estimate of drug-likeness (QED) is 0.748. The van der Waals surface area contributed by atoms with Crippen LogP contribution in [0.5, 0.6) is 0 Å². The van der Waals surface area contributed by atoms with Crippen molar-refractivity contribution in [2.24, 2.45) is 0 Å². The number of amides is 2. The number of nitrogens with zero attached hydrogens (tertiary/aromatic N) is 1.